The highest BCUT2D eigenvalue weighted by Crippen LogP contribution is 2.41. The zero-order valence-electron chi connectivity index (χ0n) is 47.0. The van der Waals surface area contributed by atoms with Crippen LogP contribution in [0.2, 0.25) is 0 Å². The van der Waals surface area contributed by atoms with Crippen LogP contribution < -0.4 is 25.6 Å². The van der Waals surface area contributed by atoms with Crippen molar-refractivity contribution in [3.05, 3.63) is 107 Å². The number of aliphatic hydroxyl groups excluding tert-OH is 1. The topological polar surface area (TPSA) is 195 Å². The highest BCUT2D eigenvalue weighted by Gasteiger charge is 2.45. The van der Waals surface area contributed by atoms with E-state index in [2.05, 4.69) is 41.6 Å². The summed E-state index contributed by atoms with van der Waals surface area (Å²) in [5.41, 5.74) is -2.23. The number of β-amino-alcohol motifs (C(OH)–C–C–N with tert-alkyl or cyclic N) is 1. The Morgan fingerprint density at radius 3 is 2.39 bits per heavy atom. The number of hydrogen-bond donors (Lipinski definition) is 5. The minimum atomic E-state index is -4.79. The van der Waals surface area contributed by atoms with Crippen LogP contribution in [0.3, 0.4) is 0 Å². The molecule has 0 radical (unpaired) electrons. The molecule has 2 aromatic heterocycles. The molecular weight excluding hydrogens is 1100 g/mol. The Labute approximate surface area is 482 Å². The number of rotatable bonds is 18. The molecule has 16 nitrogen and oxygen atoms in total. The van der Waals surface area contributed by atoms with Crippen molar-refractivity contribution in [2.24, 2.45) is 5.41 Å². The number of likely N-dealkylation sites (tertiary alicyclic amines) is 2. The van der Waals surface area contributed by atoms with E-state index in [-0.39, 0.29) is 95.8 Å². The van der Waals surface area contributed by atoms with Gasteiger partial charge in [0.05, 0.1) is 35.3 Å². The third kappa shape index (κ3) is 12.7. The van der Waals surface area contributed by atoms with Crippen LogP contribution in [0.1, 0.15) is 95.4 Å². The van der Waals surface area contributed by atoms with Crippen molar-refractivity contribution in [1.82, 2.24) is 40.7 Å². The molecule has 10 rings (SSSR count). The molecule has 3 amide bonds. The number of piperazine rings is 1. The third-order valence-electron chi connectivity index (χ3n) is 16.4. The number of benzene rings is 4. The highest BCUT2D eigenvalue weighted by molar-refractivity contribution is 6.03. The zero-order chi connectivity index (χ0) is 59.8. The van der Waals surface area contributed by atoms with Gasteiger partial charge in [0.2, 0.25) is 17.7 Å². The van der Waals surface area contributed by atoms with Crippen LogP contribution in [0.15, 0.2) is 72.9 Å². The average molecular weight is 1160 g/mol. The van der Waals surface area contributed by atoms with Crippen LogP contribution in [0.4, 0.5) is 32.2 Å². The summed E-state index contributed by atoms with van der Waals surface area (Å²) in [6, 6.07) is 11.3. The van der Waals surface area contributed by atoms with Crippen LogP contribution in [0, 0.1) is 35.2 Å². The molecule has 84 heavy (non-hydrogen) atoms. The van der Waals surface area contributed by atoms with Crippen LogP contribution >= 0.6 is 0 Å². The van der Waals surface area contributed by atoms with Gasteiger partial charge in [-0.05, 0) is 97.8 Å². The molecule has 2 bridgehead atoms. The van der Waals surface area contributed by atoms with Gasteiger partial charge in [-0.15, -0.1) is 6.42 Å². The number of terminal acetylenes is 1. The lowest BCUT2D eigenvalue weighted by Gasteiger charge is -2.35. The molecule has 22 heteroatoms. The van der Waals surface area contributed by atoms with Gasteiger partial charge in [-0.2, -0.15) is 23.1 Å². The van der Waals surface area contributed by atoms with Crippen molar-refractivity contribution in [2.75, 3.05) is 57.4 Å². The number of phenols is 1. The molecule has 4 aliphatic heterocycles. The fourth-order valence-electron chi connectivity index (χ4n) is 12.2. The molecule has 4 fully saturated rings. The Kier molecular flexibility index (Phi) is 17.4. The number of hydrogen-bond acceptors (Lipinski definition) is 13. The van der Waals surface area contributed by atoms with Crippen molar-refractivity contribution in [1.29, 1.82) is 0 Å². The predicted octanol–water partition coefficient (Wildman–Crippen LogP) is 8.59. The summed E-state index contributed by atoms with van der Waals surface area (Å²) in [4.78, 5) is 61.1. The Hall–Kier alpha value is -7.58. The zero-order valence-corrected chi connectivity index (χ0v) is 47.0. The lowest BCUT2D eigenvalue weighted by atomic mass is 9.85. The first-order chi connectivity index (χ1) is 40.1. The molecule has 6 heterocycles. The van der Waals surface area contributed by atoms with E-state index < -0.39 is 82.1 Å². The first-order valence-corrected chi connectivity index (χ1v) is 28.3. The standard InChI is InChI=1S/C62H67F6N9O7/c1-6-43-47(63)20-17-37-26-41(78)27-44(51(37)43)54-53(65)55-45(29-69-54)57(76-30-38-18-19-39(31-76)71-38)74-60(73-55)84-33-40-10-8-22-75(40)23-9-24-83-25-21-50(80)72-56(61(3,4)5)59(82)77-32-42(79)28-49(77)58(81)70-34(2)35-13-15-36(16-14-35)52-46(62(66,67)68)11-7-12-48(52)64/h1,7,11-17,20,26-27,29,34,38-40,42,49,56,71,78-79H,8-10,18-19,21-25,28,30-33H2,2-5H3,(H,70,81)(H,72,80)/t34-,38?,39?,40-,42+,49-,56+/m0/s1. The van der Waals surface area contributed by atoms with E-state index in [4.69, 9.17) is 20.9 Å². The molecule has 7 atom stereocenters. The van der Waals surface area contributed by atoms with Gasteiger partial charge in [0.15, 0.2) is 5.82 Å². The van der Waals surface area contributed by atoms with Gasteiger partial charge in [0, 0.05) is 86.5 Å². The Bertz CT molecular complexity index is 3490. The summed E-state index contributed by atoms with van der Waals surface area (Å²) < 4.78 is 100. The number of alkyl halides is 3. The number of phenolic OH excluding ortho intramolecular Hbond substituents is 1. The minimum absolute atomic E-state index is 0.000911. The van der Waals surface area contributed by atoms with Gasteiger partial charge in [0.1, 0.15) is 53.1 Å². The number of anilines is 1. The van der Waals surface area contributed by atoms with E-state index in [0.29, 0.717) is 54.8 Å². The van der Waals surface area contributed by atoms with Gasteiger partial charge < -0.3 is 45.4 Å². The second-order valence-electron chi connectivity index (χ2n) is 23.3. The van der Waals surface area contributed by atoms with Crippen LogP contribution in [-0.2, 0) is 25.3 Å². The number of nitrogens with one attached hydrogen (secondary N) is 3. The molecule has 4 aliphatic rings. The number of aromatic hydroxyl groups is 1. The lowest BCUT2D eigenvalue weighted by molar-refractivity contribution is -0.144. The van der Waals surface area contributed by atoms with Crippen molar-refractivity contribution in [3.63, 3.8) is 0 Å². The van der Waals surface area contributed by atoms with Gasteiger partial charge in [-0.25, -0.2) is 13.2 Å². The van der Waals surface area contributed by atoms with Gasteiger partial charge >= 0.3 is 12.2 Å². The quantitative estimate of drug-likeness (QED) is 0.0312. The summed E-state index contributed by atoms with van der Waals surface area (Å²) in [7, 11) is 0. The molecular formula is C62H67F6N9O7. The molecule has 6 aromatic rings. The van der Waals surface area contributed by atoms with E-state index in [1.54, 1.807) is 27.7 Å². The van der Waals surface area contributed by atoms with Crippen molar-refractivity contribution >= 4 is 45.2 Å². The van der Waals surface area contributed by atoms with E-state index in [0.717, 1.165) is 50.4 Å². The molecule has 444 valence electrons. The number of aromatic nitrogens is 3. The lowest BCUT2D eigenvalue weighted by Crippen LogP contribution is -2.58. The second-order valence-corrected chi connectivity index (χ2v) is 23.3. The van der Waals surface area contributed by atoms with Crippen LogP contribution in [-0.4, -0.2) is 142 Å². The number of pyridine rings is 1. The fourth-order valence-corrected chi connectivity index (χ4v) is 12.2. The van der Waals surface area contributed by atoms with Crippen molar-refractivity contribution in [3.8, 4) is 46.5 Å². The number of amides is 3. The molecule has 2 unspecified atom stereocenters. The predicted molar refractivity (Wildman–Crippen MR) is 303 cm³/mol. The van der Waals surface area contributed by atoms with Crippen LogP contribution in [0.25, 0.3) is 44.1 Å². The van der Waals surface area contributed by atoms with Crippen molar-refractivity contribution < 1.29 is 60.4 Å². The van der Waals surface area contributed by atoms with E-state index in [1.807, 2.05) is 0 Å². The first-order valence-electron chi connectivity index (χ1n) is 28.3. The van der Waals surface area contributed by atoms with E-state index in [9.17, 15) is 42.2 Å². The summed E-state index contributed by atoms with van der Waals surface area (Å²) in [6.45, 7) is 10.1. The normalized spacial score (nSPS) is 20.8. The maximum atomic E-state index is 17.1. The number of nitrogens with zero attached hydrogens (tertiary/aromatic N) is 6. The van der Waals surface area contributed by atoms with Gasteiger partial charge in [0.25, 0.3) is 0 Å². The number of fused-ring (bicyclic) bond motifs is 4. The number of carbonyl (C=O) groups is 3. The molecule has 0 saturated carbocycles. The molecule has 4 saturated heterocycles. The average Bonchev–Trinajstić information content (AvgIpc) is 1.25. The monoisotopic (exact) mass is 1160 g/mol. The Morgan fingerprint density at radius 2 is 1.68 bits per heavy atom. The van der Waals surface area contributed by atoms with E-state index in [1.165, 1.54) is 59.6 Å². The summed E-state index contributed by atoms with van der Waals surface area (Å²) >= 11 is 0. The number of halogens is 6. The number of aliphatic hydroxyl groups is 1. The van der Waals surface area contributed by atoms with E-state index >= 15 is 8.78 Å². The number of ether oxygens (including phenoxy) is 2. The van der Waals surface area contributed by atoms with Crippen LogP contribution in [0.5, 0.6) is 11.8 Å². The Morgan fingerprint density at radius 1 is 0.929 bits per heavy atom. The smallest absolute Gasteiger partial charge is 0.417 e. The fraction of sp³-hybridized carbons (Fsp3) is 0.452. The highest BCUT2D eigenvalue weighted by atomic mass is 19.4. The minimum Gasteiger partial charge on any atom is -0.508 e. The SMILES string of the molecule is C#Cc1c(F)ccc2cc(O)cc(-c3ncc4c(N5CC6CCC(C5)N6)nc(OC[C@@H]5CCCN5CCCOCCC(=O)N[C@H](C(=O)N5C[C@H](O)C[C@H]5C(=O)N[C@@H](C)c5ccc(-c6c(F)cccc6C(F)(F)F)cc5)C(C)(C)C)nc4c3F)c12. The molecule has 5 N–H and O–H groups in total. The maximum Gasteiger partial charge on any atom is 0.417 e. The third-order valence-corrected chi connectivity index (χ3v) is 16.4. The first kappa shape index (κ1) is 59.6. The molecule has 0 aliphatic carbocycles. The molecule has 4 aromatic carbocycles. The van der Waals surface area contributed by atoms with Gasteiger partial charge in [-0.3, -0.25) is 24.3 Å². The molecule has 0 spiro atoms. The van der Waals surface area contributed by atoms with Gasteiger partial charge in [-0.1, -0.05) is 63.1 Å². The van der Waals surface area contributed by atoms with Crippen molar-refractivity contribution in [2.45, 2.75) is 121 Å². The Balaban J connectivity index is 0.730. The summed E-state index contributed by atoms with van der Waals surface area (Å²) in [6.07, 6.45) is 5.65. The summed E-state index contributed by atoms with van der Waals surface area (Å²) in [5, 5.41) is 31.7. The number of carbonyl (C=O) groups excluding carboxylic acids is 3. The second kappa shape index (κ2) is 24.6. The summed E-state index contributed by atoms with van der Waals surface area (Å²) in [5.74, 6) is -1.43. The largest absolute Gasteiger partial charge is 0.508 e. The maximum absolute atomic E-state index is 17.1.